The summed E-state index contributed by atoms with van der Waals surface area (Å²) in [5.41, 5.74) is 2.96. The number of carbonyl (C=O) groups excluding carboxylic acids is 1. The summed E-state index contributed by atoms with van der Waals surface area (Å²) in [6.07, 6.45) is 0. The summed E-state index contributed by atoms with van der Waals surface area (Å²) in [4.78, 5) is 14.8. The lowest BCUT2D eigenvalue weighted by molar-refractivity contribution is -0.131. The maximum Gasteiger partial charge on any atom is 0.233 e. The Labute approximate surface area is 188 Å². The normalized spacial score (nSPS) is 11.2. The number of thioether (sulfide) groups is 1. The Hall–Kier alpha value is -2.80. The number of aromatic nitrogens is 3. The largest absolute Gasteiger partial charge is 0.496 e. The summed E-state index contributed by atoms with van der Waals surface area (Å²) in [5, 5.41) is 9.58. The van der Waals surface area contributed by atoms with Gasteiger partial charge in [-0.2, -0.15) is 0 Å². The molecule has 3 aromatic rings. The van der Waals surface area contributed by atoms with Gasteiger partial charge in [0.1, 0.15) is 5.75 Å². The monoisotopic (exact) mass is 438 g/mol. The lowest BCUT2D eigenvalue weighted by Gasteiger charge is -2.30. The van der Waals surface area contributed by atoms with Crippen LogP contribution in [0.25, 0.3) is 17.1 Å². The molecule has 7 heteroatoms. The van der Waals surface area contributed by atoms with E-state index in [9.17, 15) is 4.79 Å². The van der Waals surface area contributed by atoms with Crippen LogP contribution in [0.2, 0.25) is 0 Å². The molecule has 2 aromatic carbocycles. The number of hydrogen-bond donors (Lipinski definition) is 0. The third kappa shape index (κ3) is 5.10. The molecule has 0 atom stereocenters. The zero-order valence-electron chi connectivity index (χ0n) is 19.0. The Bertz CT molecular complexity index is 1020. The number of benzene rings is 2. The van der Waals surface area contributed by atoms with E-state index in [1.165, 1.54) is 17.3 Å². The SMILES string of the molecule is COc1ccccc1-c1nnc(SCC(=O)N(C(C)C)C(C)C)n1-c1ccc(C)cc1. The first-order valence-corrected chi connectivity index (χ1v) is 11.4. The van der Waals surface area contributed by atoms with Crippen LogP contribution in [-0.2, 0) is 4.79 Å². The summed E-state index contributed by atoms with van der Waals surface area (Å²) in [6.45, 7) is 10.2. The molecule has 1 aromatic heterocycles. The quantitative estimate of drug-likeness (QED) is 0.464. The Morgan fingerprint density at radius 2 is 1.68 bits per heavy atom. The van der Waals surface area contributed by atoms with E-state index in [4.69, 9.17) is 4.74 Å². The second-order valence-electron chi connectivity index (χ2n) is 7.95. The molecule has 0 saturated carbocycles. The molecule has 31 heavy (non-hydrogen) atoms. The van der Waals surface area contributed by atoms with E-state index in [-0.39, 0.29) is 18.0 Å². The molecule has 0 N–H and O–H groups in total. The first-order valence-electron chi connectivity index (χ1n) is 10.4. The molecule has 6 nitrogen and oxygen atoms in total. The highest BCUT2D eigenvalue weighted by Gasteiger charge is 2.23. The topological polar surface area (TPSA) is 60.3 Å². The van der Waals surface area contributed by atoms with E-state index in [0.29, 0.717) is 16.7 Å². The van der Waals surface area contributed by atoms with Crippen molar-refractivity contribution >= 4 is 17.7 Å². The molecule has 0 unspecified atom stereocenters. The van der Waals surface area contributed by atoms with Gasteiger partial charge in [-0.25, -0.2) is 0 Å². The van der Waals surface area contributed by atoms with E-state index in [0.717, 1.165) is 17.0 Å². The number of ether oxygens (including phenoxy) is 1. The van der Waals surface area contributed by atoms with Crippen molar-refractivity contribution in [2.45, 2.75) is 51.9 Å². The predicted molar refractivity (Wildman–Crippen MR) is 126 cm³/mol. The summed E-state index contributed by atoms with van der Waals surface area (Å²) >= 11 is 1.40. The lowest BCUT2D eigenvalue weighted by Crippen LogP contribution is -2.43. The van der Waals surface area contributed by atoms with Gasteiger partial charge in [-0.05, 0) is 58.9 Å². The molecule has 1 heterocycles. The van der Waals surface area contributed by atoms with Crippen molar-refractivity contribution in [2.75, 3.05) is 12.9 Å². The summed E-state index contributed by atoms with van der Waals surface area (Å²) < 4.78 is 7.54. The molecule has 0 fully saturated rings. The molecular weight excluding hydrogens is 408 g/mol. The minimum atomic E-state index is 0.0901. The van der Waals surface area contributed by atoms with Gasteiger partial charge in [0.25, 0.3) is 0 Å². The molecule has 0 aliphatic heterocycles. The fourth-order valence-corrected chi connectivity index (χ4v) is 4.49. The van der Waals surface area contributed by atoms with E-state index < -0.39 is 0 Å². The molecule has 3 rings (SSSR count). The molecule has 0 aliphatic rings. The number of amides is 1. The van der Waals surface area contributed by atoms with Gasteiger partial charge >= 0.3 is 0 Å². The Morgan fingerprint density at radius 1 is 1.03 bits per heavy atom. The van der Waals surface area contributed by atoms with Crippen LogP contribution >= 0.6 is 11.8 Å². The van der Waals surface area contributed by atoms with Gasteiger partial charge in [0, 0.05) is 17.8 Å². The minimum Gasteiger partial charge on any atom is -0.496 e. The molecule has 0 radical (unpaired) electrons. The third-order valence-electron chi connectivity index (χ3n) is 5.00. The summed E-state index contributed by atoms with van der Waals surface area (Å²) in [5.74, 6) is 1.79. The summed E-state index contributed by atoms with van der Waals surface area (Å²) in [7, 11) is 1.65. The second-order valence-corrected chi connectivity index (χ2v) is 8.90. The van der Waals surface area contributed by atoms with Gasteiger partial charge in [0.2, 0.25) is 5.91 Å². The zero-order valence-corrected chi connectivity index (χ0v) is 19.8. The van der Waals surface area contributed by atoms with Crippen molar-refractivity contribution in [2.24, 2.45) is 0 Å². The Balaban J connectivity index is 2.00. The number of para-hydroxylation sites is 1. The van der Waals surface area contributed by atoms with Crippen molar-refractivity contribution in [1.82, 2.24) is 19.7 Å². The van der Waals surface area contributed by atoms with Crippen LogP contribution in [0.4, 0.5) is 0 Å². The fraction of sp³-hybridized carbons (Fsp3) is 0.375. The standard InChI is InChI=1S/C24H30N4O2S/c1-16(2)27(17(3)4)22(29)15-31-24-26-25-23(20-9-7-8-10-21(20)30-6)28(24)19-13-11-18(5)12-14-19/h7-14,16-17H,15H2,1-6H3. The van der Waals surface area contributed by atoms with Gasteiger partial charge in [-0.1, -0.05) is 41.6 Å². The number of carbonyl (C=O) groups is 1. The second kappa shape index (κ2) is 10.0. The first kappa shape index (κ1) is 22.9. The molecule has 0 aliphatic carbocycles. The number of nitrogens with zero attached hydrogens (tertiary/aromatic N) is 4. The van der Waals surface area contributed by atoms with Crippen LogP contribution in [0.1, 0.15) is 33.3 Å². The van der Waals surface area contributed by atoms with Gasteiger partial charge in [0.15, 0.2) is 11.0 Å². The van der Waals surface area contributed by atoms with Gasteiger partial charge in [-0.3, -0.25) is 9.36 Å². The van der Waals surface area contributed by atoms with E-state index >= 15 is 0 Å². The maximum atomic E-state index is 12.9. The average Bonchev–Trinajstić information content (AvgIpc) is 3.16. The van der Waals surface area contributed by atoms with Gasteiger partial charge in [-0.15, -0.1) is 10.2 Å². The van der Waals surface area contributed by atoms with Crippen LogP contribution in [0.5, 0.6) is 5.75 Å². The van der Waals surface area contributed by atoms with Crippen molar-refractivity contribution in [3.05, 3.63) is 54.1 Å². The zero-order chi connectivity index (χ0) is 22.5. The molecule has 164 valence electrons. The van der Waals surface area contributed by atoms with Gasteiger partial charge in [0.05, 0.1) is 18.4 Å². The number of aryl methyl sites for hydroxylation is 1. The average molecular weight is 439 g/mol. The maximum absolute atomic E-state index is 12.9. The molecule has 0 spiro atoms. The van der Waals surface area contributed by atoms with Crippen LogP contribution < -0.4 is 4.74 Å². The van der Waals surface area contributed by atoms with E-state index in [1.807, 2.05) is 73.6 Å². The van der Waals surface area contributed by atoms with Crippen LogP contribution in [0.15, 0.2) is 53.7 Å². The first-order chi connectivity index (χ1) is 14.8. The molecule has 0 bridgehead atoms. The molecule has 0 saturated heterocycles. The van der Waals surface area contributed by atoms with Crippen molar-refractivity contribution in [3.8, 4) is 22.8 Å². The minimum absolute atomic E-state index is 0.0901. The highest BCUT2D eigenvalue weighted by Crippen LogP contribution is 2.33. The van der Waals surface area contributed by atoms with Crippen LogP contribution in [0, 0.1) is 6.92 Å². The fourth-order valence-electron chi connectivity index (χ4n) is 3.67. The summed E-state index contributed by atoms with van der Waals surface area (Å²) in [6, 6.07) is 16.2. The third-order valence-corrected chi connectivity index (χ3v) is 5.91. The predicted octanol–water partition coefficient (Wildman–Crippen LogP) is 4.99. The Kier molecular flexibility index (Phi) is 7.38. The van der Waals surface area contributed by atoms with Crippen LogP contribution in [0.3, 0.4) is 0 Å². The highest BCUT2D eigenvalue weighted by atomic mass is 32.2. The number of rotatable bonds is 8. The van der Waals surface area contributed by atoms with Crippen molar-refractivity contribution in [3.63, 3.8) is 0 Å². The van der Waals surface area contributed by atoms with Crippen molar-refractivity contribution in [1.29, 1.82) is 0 Å². The Morgan fingerprint density at radius 3 is 2.29 bits per heavy atom. The smallest absolute Gasteiger partial charge is 0.233 e. The van der Waals surface area contributed by atoms with E-state index in [1.54, 1.807) is 7.11 Å². The van der Waals surface area contributed by atoms with Crippen LogP contribution in [-0.4, -0.2) is 50.5 Å². The number of hydrogen-bond acceptors (Lipinski definition) is 5. The van der Waals surface area contributed by atoms with E-state index in [2.05, 4.69) is 29.3 Å². The number of methoxy groups -OCH3 is 1. The van der Waals surface area contributed by atoms with Crippen molar-refractivity contribution < 1.29 is 9.53 Å². The molecule has 1 amide bonds. The van der Waals surface area contributed by atoms with Gasteiger partial charge < -0.3 is 9.64 Å². The highest BCUT2D eigenvalue weighted by molar-refractivity contribution is 7.99. The lowest BCUT2D eigenvalue weighted by atomic mass is 10.1. The molecular formula is C24H30N4O2S.